The van der Waals surface area contributed by atoms with Crippen LogP contribution in [0.5, 0.6) is 0 Å². The number of aromatic nitrogens is 1. The van der Waals surface area contributed by atoms with Gasteiger partial charge in [0.2, 0.25) is 10.0 Å². The predicted molar refractivity (Wildman–Crippen MR) is 95.6 cm³/mol. The van der Waals surface area contributed by atoms with Gasteiger partial charge >= 0.3 is 0 Å². The second-order valence-electron chi connectivity index (χ2n) is 6.04. The summed E-state index contributed by atoms with van der Waals surface area (Å²) in [6, 6.07) is 9.39. The number of carbonyl (C=O) groups is 1. The summed E-state index contributed by atoms with van der Waals surface area (Å²) in [6.45, 7) is 4.77. The maximum absolute atomic E-state index is 12.5. The molecule has 0 radical (unpaired) electrons. The Morgan fingerprint density at radius 2 is 1.92 bits per heavy atom. The standard InChI is InChI=1S/C17H23N3O3S/c1-12(2)16-11-14(13-7-4-5-8-15(13)20-16)17(21)18-9-6-10-19-24(3,22)23/h4-5,7-8,11-12,19H,6,9-10H2,1-3H3,(H,18,21). The van der Waals surface area contributed by atoms with Crippen LogP contribution in [0.15, 0.2) is 30.3 Å². The molecular formula is C17H23N3O3S. The van der Waals surface area contributed by atoms with Crippen LogP contribution < -0.4 is 10.0 Å². The smallest absolute Gasteiger partial charge is 0.252 e. The molecule has 1 heterocycles. The van der Waals surface area contributed by atoms with E-state index in [4.69, 9.17) is 0 Å². The number of pyridine rings is 1. The van der Waals surface area contributed by atoms with Gasteiger partial charge in [0.15, 0.2) is 0 Å². The van der Waals surface area contributed by atoms with E-state index in [9.17, 15) is 13.2 Å². The van der Waals surface area contributed by atoms with Crippen LogP contribution in [-0.4, -0.2) is 38.7 Å². The van der Waals surface area contributed by atoms with E-state index in [2.05, 4.69) is 15.0 Å². The fourth-order valence-corrected chi connectivity index (χ4v) is 2.84. The van der Waals surface area contributed by atoms with Crippen LogP contribution in [0.4, 0.5) is 0 Å². The molecule has 2 N–H and O–H groups in total. The molecule has 7 heteroatoms. The van der Waals surface area contributed by atoms with E-state index in [1.165, 1.54) is 0 Å². The molecule has 0 unspecified atom stereocenters. The van der Waals surface area contributed by atoms with Crippen molar-refractivity contribution < 1.29 is 13.2 Å². The monoisotopic (exact) mass is 349 g/mol. The van der Waals surface area contributed by atoms with Crippen molar-refractivity contribution >= 4 is 26.8 Å². The van der Waals surface area contributed by atoms with E-state index in [-0.39, 0.29) is 11.8 Å². The van der Waals surface area contributed by atoms with Crippen LogP contribution in [0, 0.1) is 0 Å². The Labute approximate surface area is 142 Å². The van der Waals surface area contributed by atoms with Gasteiger partial charge < -0.3 is 5.32 Å². The van der Waals surface area contributed by atoms with Gasteiger partial charge in [0.05, 0.1) is 17.3 Å². The first-order valence-corrected chi connectivity index (χ1v) is 9.79. The number of rotatable bonds is 7. The minimum atomic E-state index is -3.19. The molecule has 6 nitrogen and oxygen atoms in total. The second kappa shape index (κ2) is 7.72. The van der Waals surface area contributed by atoms with E-state index in [0.29, 0.717) is 25.1 Å². The fraction of sp³-hybridized carbons (Fsp3) is 0.412. The van der Waals surface area contributed by atoms with Crippen molar-refractivity contribution in [1.82, 2.24) is 15.0 Å². The van der Waals surface area contributed by atoms with Crippen molar-refractivity contribution in [1.29, 1.82) is 0 Å². The quantitative estimate of drug-likeness (QED) is 0.749. The zero-order valence-electron chi connectivity index (χ0n) is 14.2. The van der Waals surface area contributed by atoms with E-state index in [1.54, 1.807) is 0 Å². The normalized spacial score (nSPS) is 11.8. The summed E-state index contributed by atoms with van der Waals surface area (Å²) in [7, 11) is -3.19. The van der Waals surface area contributed by atoms with Crippen molar-refractivity contribution in [2.45, 2.75) is 26.2 Å². The molecule has 0 atom stereocenters. The van der Waals surface area contributed by atoms with Gasteiger partial charge in [0.1, 0.15) is 0 Å². The number of benzene rings is 1. The molecular weight excluding hydrogens is 326 g/mol. The van der Waals surface area contributed by atoms with Crippen LogP contribution in [-0.2, 0) is 10.0 Å². The van der Waals surface area contributed by atoms with E-state index < -0.39 is 10.0 Å². The van der Waals surface area contributed by atoms with Gasteiger partial charge in [-0.05, 0) is 24.5 Å². The first-order chi connectivity index (χ1) is 11.3. The second-order valence-corrected chi connectivity index (χ2v) is 7.88. The number of hydrogen-bond acceptors (Lipinski definition) is 4. The van der Waals surface area contributed by atoms with Crippen molar-refractivity contribution in [3.63, 3.8) is 0 Å². The number of sulfonamides is 1. The minimum Gasteiger partial charge on any atom is -0.352 e. The molecule has 0 saturated heterocycles. The topological polar surface area (TPSA) is 88.2 Å². The van der Waals surface area contributed by atoms with Crippen molar-refractivity contribution in [3.05, 3.63) is 41.6 Å². The minimum absolute atomic E-state index is 0.171. The zero-order chi connectivity index (χ0) is 17.7. The largest absolute Gasteiger partial charge is 0.352 e. The Hall–Kier alpha value is -1.99. The molecule has 1 aromatic heterocycles. The lowest BCUT2D eigenvalue weighted by atomic mass is 10.0. The molecule has 130 valence electrons. The molecule has 0 aliphatic carbocycles. The Kier molecular flexibility index (Phi) is 5.90. The van der Waals surface area contributed by atoms with Crippen LogP contribution in [0.2, 0.25) is 0 Å². The summed E-state index contributed by atoms with van der Waals surface area (Å²) < 4.78 is 24.4. The maximum Gasteiger partial charge on any atom is 0.252 e. The summed E-state index contributed by atoms with van der Waals surface area (Å²) >= 11 is 0. The van der Waals surface area contributed by atoms with E-state index in [1.807, 2.05) is 44.2 Å². The molecule has 1 amide bonds. The summed E-state index contributed by atoms with van der Waals surface area (Å²) in [5.41, 5.74) is 2.27. The van der Waals surface area contributed by atoms with Gasteiger partial charge in [-0.3, -0.25) is 9.78 Å². The van der Waals surface area contributed by atoms with Crippen LogP contribution >= 0.6 is 0 Å². The van der Waals surface area contributed by atoms with Gasteiger partial charge in [0, 0.05) is 24.2 Å². The Morgan fingerprint density at radius 3 is 2.58 bits per heavy atom. The summed E-state index contributed by atoms with van der Waals surface area (Å²) in [5, 5.41) is 3.66. The van der Waals surface area contributed by atoms with Crippen LogP contribution in [0.25, 0.3) is 10.9 Å². The molecule has 0 aliphatic heterocycles. The molecule has 0 saturated carbocycles. The van der Waals surface area contributed by atoms with Gasteiger partial charge in [-0.1, -0.05) is 32.0 Å². The highest BCUT2D eigenvalue weighted by Crippen LogP contribution is 2.22. The predicted octanol–water partition coefficient (Wildman–Crippen LogP) is 2.03. The Bertz CT molecular complexity index is 832. The highest BCUT2D eigenvalue weighted by atomic mass is 32.2. The van der Waals surface area contributed by atoms with Gasteiger partial charge in [-0.15, -0.1) is 0 Å². The molecule has 1 aromatic carbocycles. The molecule has 0 bridgehead atoms. The number of nitrogens with zero attached hydrogens (tertiary/aromatic N) is 1. The first kappa shape index (κ1) is 18.4. The SMILES string of the molecule is CC(C)c1cc(C(=O)NCCCNS(C)(=O)=O)c2ccccc2n1. The van der Waals surface area contributed by atoms with Crippen molar-refractivity contribution in [2.24, 2.45) is 0 Å². The Balaban J connectivity index is 2.11. The lowest BCUT2D eigenvalue weighted by Gasteiger charge is -2.12. The number of fused-ring (bicyclic) bond motifs is 1. The number of carbonyl (C=O) groups excluding carboxylic acids is 1. The molecule has 2 aromatic rings. The maximum atomic E-state index is 12.5. The van der Waals surface area contributed by atoms with Crippen molar-refractivity contribution in [3.8, 4) is 0 Å². The number of amides is 1. The average molecular weight is 349 g/mol. The van der Waals surface area contributed by atoms with Crippen LogP contribution in [0.1, 0.15) is 42.2 Å². The molecule has 2 rings (SSSR count). The van der Waals surface area contributed by atoms with Gasteiger partial charge in [0.25, 0.3) is 5.91 Å². The molecule has 0 aliphatic rings. The van der Waals surface area contributed by atoms with E-state index in [0.717, 1.165) is 22.9 Å². The first-order valence-electron chi connectivity index (χ1n) is 7.90. The molecule has 0 fully saturated rings. The third kappa shape index (κ3) is 5.01. The fourth-order valence-electron chi connectivity index (χ4n) is 2.32. The lowest BCUT2D eigenvalue weighted by molar-refractivity contribution is 0.0955. The highest BCUT2D eigenvalue weighted by molar-refractivity contribution is 7.88. The van der Waals surface area contributed by atoms with Gasteiger partial charge in [-0.25, -0.2) is 13.1 Å². The van der Waals surface area contributed by atoms with E-state index >= 15 is 0 Å². The lowest BCUT2D eigenvalue weighted by Crippen LogP contribution is -2.29. The summed E-state index contributed by atoms with van der Waals surface area (Å²) in [4.78, 5) is 17.1. The van der Waals surface area contributed by atoms with Crippen LogP contribution in [0.3, 0.4) is 0 Å². The van der Waals surface area contributed by atoms with Crippen molar-refractivity contribution in [2.75, 3.05) is 19.3 Å². The number of para-hydroxylation sites is 1. The Morgan fingerprint density at radius 1 is 1.21 bits per heavy atom. The highest BCUT2D eigenvalue weighted by Gasteiger charge is 2.14. The number of nitrogens with one attached hydrogen (secondary N) is 2. The summed E-state index contributed by atoms with van der Waals surface area (Å²) in [5.74, 6) is 0.0509. The molecule has 0 spiro atoms. The third-order valence-electron chi connectivity index (χ3n) is 3.58. The van der Waals surface area contributed by atoms with Gasteiger partial charge in [-0.2, -0.15) is 0 Å². The third-order valence-corrected chi connectivity index (χ3v) is 4.30. The number of hydrogen-bond donors (Lipinski definition) is 2. The molecule has 24 heavy (non-hydrogen) atoms. The average Bonchev–Trinajstić information content (AvgIpc) is 2.52. The zero-order valence-corrected chi connectivity index (χ0v) is 15.0. The summed E-state index contributed by atoms with van der Waals surface area (Å²) in [6.07, 6.45) is 1.64.